The Labute approximate surface area is 115 Å². The van der Waals surface area contributed by atoms with Crippen LogP contribution in [0.2, 0.25) is 0 Å². The SMILES string of the molecule is O=C(NCC1(CBr)CCCC1)c1cccc(F)c1. The number of hydrogen-bond acceptors (Lipinski definition) is 1. The van der Waals surface area contributed by atoms with Crippen molar-refractivity contribution in [2.24, 2.45) is 5.41 Å². The highest BCUT2D eigenvalue weighted by molar-refractivity contribution is 9.09. The van der Waals surface area contributed by atoms with E-state index in [2.05, 4.69) is 21.2 Å². The smallest absolute Gasteiger partial charge is 0.251 e. The predicted molar refractivity (Wildman–Crippen MR) is 73.4 cm³/mol. The minimum Gasteiger partial charge on any atom is -0.351 e. The molecule has 1 aliphatic rings. The first-order valence-corrected chi connectivity index (χ1v) is 7.37. The summed E-state index contributed by atoms with van der Waals surface area (Å²) >= 11 is 3.54. The lowest BCUT2D eigenvalue weighted by atomic mass is 9.89. The molecule has 0 aliphatic heterocycles. The lowest BCUT2D eigenvalue weighted by Gasteiger charge is -2.26. The van der Waals surface area contributed by atoms with Crippen LogP contribution < -0.4 is 5.32 Å². The van der Waals surface area contributed by atoms with E-state index in [1.807, 2.05) is 0 Å². The molecule has 1 aromatic rings. The van der Waals surface area contributed by atoms with Gasteiger partial charge in [-0.1, -0.05) is 34.8 Å². The quantitative estimate of drug-likeness (QED) is 0.847. The molecule has 0 spiro atoms. The summed E-state index contributed by atoms with van der Waals surface area (Å²) in [5.41, 5.74) is 0.570. The van der Waals surface area contributed by atoms with Crippen LogP contribution in [-0.2, 0) is 0 Å². The summed E-state index contributed by atoms with van der Waals surface area (Å²) in [4.78, 5) is 11.9. The number of alkyl halides is 1. The van der Waals surface area contributed by atoms with E-state index in [4.69, 9.17) is 0 Å². The van der Waals surface area contributed by atoms with E-state index in [1.54, 1.807) is 12.1 Å². The third-order valence-corrected chi connectivity index (χ3v) is 4.85. The van der Waals surface area contributed by atoms with E-state index in [9.17, 15) is 9.18 Å². The monoisotopic (exact) mass is 313 g/mol. The molecule has 1 N–H and O–H groups in total. The van der Waals surface area contributed by atoms with Gasteiger partial charge in [0.2, 0.25) is 0 Å². The van der Waals surface area contributed by atoms with Gasteiger partial charge in [-0.3, -0.25) is 4.79 Å². The van der Waals surface area contributed by atoms with Gasteiger partial charge in [0.25, 0.3) is 5.91 Å². The molecule has 0 heterocycles. The van der Waals surface area contributed by atoms with E-state index < -0.39 is 0 Å². The average molecular weight is 314 g/mol. The average Bonchev–Trinajstić information content (AvgIpc) is 2.85. The van der Waals surface area contributed by atoms with Gasteiger partial charge in [-0.2, -0.15) is 0 Å². The summed E-state index contributed by atoms with van der Waals surface area (Å²) in [7, 11) is 0. The lowest BCUT2D eigenvalue weighted by Crippen LogP contribution is -2.37. The fourth-order valence-electron chi connectivity index (χ4n) is 2.48. The molecule has 4 heteroatoms. The normalized spacial score (nSPS) is 17.7. The zero-order chi connectivity index (χ0) is 13.0. The van der Waals surface area contributed by atoms with Crippen molar-refractivity contribution in [2.75, 3.05) is 11.9 Å². The van der Waals surface area contributed by atoms with Gasteiger partial charge in [0, 0.05) is 17.4 Å². The highest BCUT2D eigenvalue weighted by Crippen LogP contribution is 2.38. The first-order chi connectivity index (χ1) is 8.65. The lowest BCUT2D eigenvalue weighted by molar-refractivity contribution is 0.0935. The molecule has 1 aromatic carbocycles. The summed E-state index contributed by atoms with van der Waals surface area (Å²) in [5.74, 6) is -0.569. The van der Waals surface area contributed by atoms with Crippen LogP contribution in [0.5, 0.6) is 0 Å². The maximum absolute atomic E-state index is 13.0. The first-order valence-electron chi connectivity index (χ1n) is 6.25. The maximum atomic E-state index is 13.0. The molecule has 0 aromatic heterocycles. The number of hydrogen-bond donors (Lipinski definition) is 1. The van der Waals surface area contributed by atoms with Crippen molar-refractivity contribution in [1.82, 2.24) is 5.32 Å². The molecule has 1 aliphatic carbocycles. The van der Waals surface area contributed by atoms with Crippen LogP contribution in [0, 0.1) is 11.2 Å². The van der Waals surface area contributed by atoms with E-state index in [1.165, 1.54) is 25.0 Å². The fourth-order valence-corrected chi connectivity index (χ4v) is 3.24. The molecule has 1 fully saturated rings. The van der Waals surface area contributed by atoms with Gasteiger partial charge in [-0.25, -0.2) is 4.39 Å². The third-order valence-electron chi connectivity index (χ3n) is 3.66. The Hall–Kier alpha value is -0.900. The van der Waals surface area contributed by atoms with E-state index in [-0.39, 0.29) is 17.1 Å². The van der Waals surface area contributed by atoms with Crippen molar-refractivity contribution in [1.29, 1.82) is 0 Å². The zero-order valence-electron chi connectivity index (χ0n) is 10.2. The molecule has 0 unspecified atom stereocenters. The Bertz CT molecular complexity index is 430. The van der Waals surface area contributed by atoms with Crippen molar-refractivity contribution in [2.45, 2.75) is 25.7 Å². The Morgan fingerprint density at radius 1 is 1.39 bits per heavy atom. The molecule has 2 nitrogen and oxygen atoms in total. The van der Waals surface area contributed by atoms with Crippen LogP contribution in [0.4, 0.5) is 4.39 Å². The third kappa shape index (κ3) is 3.10. The van der Waals surface area contributed by atoms with Crippen LogP contribution >= 0.6 is 15.9 Å². The van der Waals surface area contributed by atoms with Crippen LogP contribution in [0.15, 0.2) is 24.3 Å². The van der Waals surface area contributed by atoms with E-state index in [0.29, 0.717) is 12.1 Å². The van der Waals surface area contributed by atoms with Gasteiger partial charge in [0.15, 0.2) is 0 Å². The number of carbonyl (C=O) groups is 1. The number of halogens is 2. The first kappa shape index (κ1) is 13.5. The Morgan fingerprint density at radius 3 is 2.72 bits per heavy atom. The molecule has 0 saturated heterocycles. The van der Waals surface area contributed by atoms with Gasteiger partial charge < -0.3 is 5.32 Å². The summed E-state index contributed by atoms with van der Waals surface area (Å²) in [6, 6.07) is 5.80. The number of carbonyl (C=O) groups excluding carboxylic acids is 1. The van der Waals surface area contributed by atoms with Gasteiger partial charge in [0.1, 0.15) is 5.82 Å². The topological polar surface area (TPSA) is 29.1 Å². The van der Waals surface area contributed by atoms with Gasteiger partial charge in [0.05, 0.1) is 0 Å². The minimum atomic E-state index is -0.376. The van der Waals surface area contributed by atoms with Crippen molar-refractivity contribution < 1.29 is 9.18 Å². The van der Waals surface area contributed by atoms with Crippen LogP contribution in [0.3, 0.4) is 0 Å². The number of amides is 1. The Morgan fingerprint density at radius 2 is 2.11 bits per heavy atom. The van der Waals surface area contributed by atoms with Crippen molar-refractivity contribution >= 4 is 21.8 Å². The second-order valence-corrected chi connectivity index (χ2v) is 5.59. The molecular formula is C14H17BrFNO. The molecule has 1 amide bonds. The minimum absolute atomic E-state index is 0.184. The molecule has 1 saturated carbocycles. The second-order valence-electron chi connectivity index (χ2n) is 5.03. The summed E-state index contributed by atoms with van der Waals surface area (Å²) in [6.07, 6.45) is 4.73. The molecule has 2 rings (SSSR count). The standard InChI is InChI=1S/C14H17BrFNO/c15-9-14(6-1-2-7-14)10-17-13(18)11-4-3-5-12(16)8-11/h3-5,8H,1-2,6-7,9-10H2,(H,17,18). The number of benzene rings is 1. The summed E-state index contributed by atoms with van der Waals surface area (Å²) in [5, 5.41) is 3.83. The van der Waals surface area contributed by atoms with Gasteiger partial charge in [-0.15, -0.1) is 0 Å². The van der Waals surface area contributed by atoms with E-state index >= 15 is 0 Å². The maximum Gasteiger partial charge on any atom is 0.251 e. The summed E-state index contributed by atoms with van der Waals surface area (Å²) < 4.78 is 13.0. The highest BCUT2D eigenvalue weighted by atomic mass is 79.9. The second kappa shape index (κ2) is 5.83. The van der Waals surface area contributed by atoms with Gasteiger partial charge in [-0.05, 0) is 36.5 Å². The molecule has 98 valence electrons. The molecule has 0 radical (unpaired) electrons. The van der Waals surface area contributed by atoms with Crippen LogP contribution in [0.25, 0.3) is 0 Å². The van der Waals surface area contributed by atoms with E-state index in [0.717, 1.165) is 18.2 Å². The Balaban J connectivity index is 1.96. The predicted octanol–water partition coefficient (Wildman–Crippen LogP) is 3.51. The highest BCUT2D eigenvalue weighted by Gasteiger charge is 2.33. The Kier molecular flexibility index (Phi) is 4.38. The van der Waals surface area contributed by atoms with Crippen molar-refractivity contribution in [3.63, 3.8) is 0 Å². The zero-order valence-corrected chi connectivity index (χ0v) is 11.8. The molecule has 18 heavy (non-hydrogen) atoms. The molecule has 0 atom stereocenters. The van der Waals surface area contributed by atoms with Crippen molar-refractivity contribution in [3.8, 4) is 0 Å². The number of nitrogens with one attached hydrogen (secondary N) is 1. The fraction of sp³-hybridized carbons (Fsp3) is 0.500. The van der Waals surface area contributed by atoms with Crippen LogP contribution in [0.1, 0.15) is 36.0 Å². The largest absolute Gasteiger partial charge is 0.351 e. The molecule has 0 bridgehead atoms. The summed E-state index contributed by atoms with van der Waals surface area (Å²) in [6.45, 7) is 0.660. The molecular weight excluding hydrogens is 297 g/mol. The van der Waals surface area contributed by atoms with Crippen molar-refractivity contribution in [3.05, 3.63) is 35.6 Å². The van der Waals surface area contributed by atoms with Gasteiger partial charge >= 0.3 is 0 Å². The van der Waals surface area contributed by atoms with Crippen LogP contribution in [-0.4, -0.2) is 17.8 Å². The number of rotatable bonds is 4.